The normalized spacial score (nSPS) is 10.9. The molecule has 0 radical (unpaired) electrons. The number of amides is 1. The predicted molar refractivity (Wildman–Crippen MR) is 109 cm³/mol. The molecule has 0 spiro atoms. The molecule has 1 amide bonds. The van der Waals surface area contributed by atoms with Crippen LogP contribution in [-0.2, 0) is 14.6 Å². The lowest BCUT2D eigenvalue weighted by molar-refractivity contribution is -0.114. The summed E-state index contributed by atoms with van der Waals surface area (Å²) in [4.78, 5) is 23.6. The minimum Gasteiger partial charge on any atom is -0.485 e. The summed E-state index contributed by atoms with van der Waals surface area (Å²) in [6.45, 7) is 1.22. The molecular formula is C22H19NO5S. The summed E-state index contributed by atoms with van der Waals surface area (Å²) in [5.74, 6) is -0.0364. The van der Waals surface area contributed by atoms with Crippen molar-refractivity contribution in [2.45, 2.75) is 16.7 Å². The van der Waals surface area contributed by atoms with Crippen LogP contribution in [0, 0.1) is 0 Å². The van der Waals surface area contributed by atoms with Crippen LogP contribution >= 0.6 is 0 Å². The third-order valence-corrected chi connectivity index (χ3v) is 5.87. The van der Waals surface area contributed by atoms with Gasteiger partial charge in [0, 0.05) is 18.2 Å². The van der Waals surface area contributed by atoms with E-state index in [-0.39, 0.29) is 28.1 Å². The number of hydrogen-bond donors (Lipinski definition) is 1. The highest BCUT2D eigenvalue weighted by Crippen LogP contribution is 2.23. The maximum Gasteiger partial charge on any atom is 0.221 e. The van der Waals surface area contributed by atoms with E-state index in [0.717, 1.165) is 0 Å². The molecule has 0 aromatic heterocycles. The van der Waals surface area contributed by atoms with Gasteiger partial charge in [0.25, 0.3) is 0 Å². The van der Waals surface area contributed by atoms with Crippen molar-refractivity contribution in [1.82, 2.24) is 0 Å². The molecule has 0 unspecified atom stereocenters. The zero-order chi connectivity index (χ0) is 20.9. The fraction of sp³-hybridized carbons (Fsp3) is 0.0909. The number of sulfone groups is 1. The first kappa shape index (κ1) is 20.3. The second kappa shape index (κ2) is 8.70. The molecular weight excluding hydrogens is 390 g/mol. The highest BCUT2D eigenvalue weighted by molar-refractivity contribution is 7.91. The molecule has 29 heavy (non-hydrogen) atoms. The van der Waals surface area contributed by atoms with Crippen LogP contribution in [0.1, 0.15) is 17.3 Å². The van der Waals surface area contributed by atoms with Gasteiger partial charge in [0.15, 0.2) is 12.4 Å². The number of anilines is 1. The van der Waals surface area contributed by atoms with E-state index in [1.54, 1.807) is 42.5 Å². The van der Waals surface area contributed by atoms with Crippen LogP contribution in [-0.4, -0.2) is 26.7 Å². The fourth-order valence-corrected chi connectivity index (χ4v) is 3.91. The smallest absolute Gasteiger partial charge is 0.221 e. The Balaban J connectivity index is 1.63. The summed E-state index contributed by atoms with van der Waals surface area (Å²) in [6, 6.07) is 20.6. The molecule has 6 nitrogen and oxygen atoms in total. The Morgan fingerprint density at radius 3 is 2.00 bits per heavy atom. The molecule has 1 N–H and O–H groups in total. The van der Waals surface area contributed by atoms with E-state index in [1.165, 1.54) is 43.3 Å². The van der Waals surface area contributed by atoms with E-state index in [2.05, 4.69) is 5.32 Å². The number of ketones is 1. The van der Waals surface area contributed by atoms with Crippen molar-refractivity contribution in [1.29, 1.82) is 0 Å². The van der Waals surface area contributed by atoms with Gasteiger partial charge in [-0.2, -0.15) is 0 Å². The van der Waals surface area contributed by atoms with E-state index in [0.29, 0.717) is 17.0 Å². The summed E-state index contributed by atoms with van der Waals surface area (Å²) in [7, 11) is -3.60. The lowest BCUT2D eigenvalue weighted by atomic mass is 10.1. The van der Waals surface area contributed by atoms with E-state index in [4.69, 9.17) is 4.74 Å². The zero-order valence-corrected chi connectivity index (χ0v) is 16.5. The van der Waals surface area contributed by atoms with Crippen LogP contribution in [0.5, 0.6) is 5.75 Å². The molecule has 3 rings (SSSR count). The Hall–Kier alpha value is -3.45. The first-order valence-electron chi connectivity index (χ1n) is 8.80. The van der Waals surface area contributed by atoms with Crippen molar-refractivity contribution in [2.24, 2.45) is 0 Å². The fourth-order valence-electron chi connectivity index (χ4n) is 2.63. The van der Waals surface area contributed by atoms with E-state index in [9.17, 15) is 18.0 Å². The number of benzene rings is 3. The summed E-state index contributed by atoms with van der Waals surface area (Å²) in [5.41, 5.74) is 1.05. The minimum absolute atomic E-state index is 0.149. The summed E-state index contributed by atoms with van der Waals surface area (Å²) < 4.78 is 30.6. The second-order valence-corrected chi connectivity index (χ2v) is 8.21. The largest absolute Gasteiger partial charge is 0.485 e. The molecule has 7 heteroatoms. The summed E-state index contributed by atoms with van der Waals surface area (Å²) in [6.07, 6.45) is 0. The van der Waals surface area contributed by atoms with Crippen LogP contribution in [0.3, 0.4) is 0 Å². The molecule has 0 atom stereocenters. The Labute approximate surface area is 169 Å². The number of Topliss-reactive ketones (excluding diaryl/α,β-unsaturated/α-hetero) is 1. The van der Waals surface area contributed by atoms with Crippen molar-refractivity contribution in [3.05, 3.63) is 84.4 Å². The summed E-state index contributed by atoms with van der Waals surface area (Å²) in [5, 5.41) is 2.63. The molecule has 0 heterocycles. The van der Waals surface area contributed by atoms with Gasteiger partial charge in [0.05, 0.1) is 9.79 Å². The lowest BCUT2D eigenvalue weighted by Crippen LogP contribution is -2.12. The molecule has 0 aliphatic heterocycles. The Morgan fingerprint density at radius 1 is 0.828 bits per heavy atom. The SMILES string of the molecule is CC(=O)Nc1ccc(C(=O)COc2ccc(S(=O)(=O)c3ccccc3)cc2)cc1. The molecule has 3 aromatic carbocycles. The monoisotopic (exact) mass is 409 g/mol. The summed E-state index contributed by atoms with van der Waals surface area (Å²) >= 11 is 0. The predicted octanol–water partition coefficient (Wildman–Crippen LogP) is 3.74. The van der Waals surface area contributed by atoms with Gasteiger partial charge in [-0.25, -0.2) is 8.42 Å². The van der Waals surface area contributed by atoms with Crippen molar-refractivity contribution in [2.75, 3.05) is 11.9 Å². The van der Waals surface area contributed by atoms with E-state index < -0.39 is 9.84 Å². The number of carbonyl (C=O) groups excluding carboxylic acids is 2. The number of rotatable bonds is 7. The molecule has 148 valence electrons. The zero-order valence-electron chi connectivity index (χ0n) is 15.7. The number of nitrogens with one attached hydrogen (secondary N) is 1. The van der Waals surface area contributed by atoms with Crippen molar-refractivity contribution in [3.8, 4) is 5.75 Å². The molecule has 0 bridgehead atoms. The van der Waals surface area contributed by atoms with Crippen molar-refractivity contribution in [3.63, 3.8) is 0 Å². The lowest BCUT2D eigenvalue weighted by Gasteiger charge is -2.08. The topological polar surface area (TPSA) is 89.5 Å². The van der Waals surface area contributed by atoms with Crippen molar-refractivity contribution >= 4 is 27.2 Å². The van der Waals surface area contributed by atoms with Crippen molar-refractivity contribution < 1.29 is 22.7 Å². The molecule has 0 aliphatic rings. The molecule has 0 saturated heterocycles. The second-order valence-electron chi connectivity index (χ2n) is 6.26. The molecule has 3 aromatic rings. The first-order valence-corrected chi connectivity index (χ1v) is 10.3. The Kier molecular flexibility index (Phi) is 6.09. The van der Waals surface area contributed by atoms with Gasteiger partial charge in [-0.1, -0.05) is 18.2 Å². The average molecular weight is 409 g/mol. The number of ether oxygens (including phenoxy) is 1. The van der Waals surface area contributed by atoms with Crippen LogP contribution in [0.25, 0.3) is 0 Å². The van der Waals surface area contributed by atoms with Crippen LogP contribution in [0.2, 0.25) is 0 Å². The number of hydrogen-bond acceptors (Lipinski definition) is 5. The number of carbonyl (C=O) groups is 2. The van der Waals surface area contributed by atoms with E-state index >= 15 is 0 Å². The third kappa shape index (κ3) is 5.08. The van der Waals surface area contributed by atoms with Crippen LogP contribution in [0.4, 0.5) is 5.69 Å². The quantitative estimate of drug-likeness (QED) is 0.601. The molecule has 0 aliphatic carbocycles. The highest BCUT2D eigenvalue weighted by atomic mass is 32.2. The molecule has 0 fully saturated rings. The van der Waals surface area contributed by atoms with Gasteiger partial charge in [0.1, 0.15) is 5.75 Å². The maximum atomic E-state index is 12.6. The molecule has 0 saturated carbocycles. The maximum absolute atomic E-state index is 12.6. The standard InChI is InChI=1S/C22H19NO5S/c1-16(24)23-18-9-7-17(8-10-18)22(25)15-28-19-11-13-21(14-12-19)29(26,27)20-5-3-2-4-6-20/h2-14H,15H2,1H3,(H,23,24). The Morgan fingerprint density at radius 2 is 1.41 bits per heavy atom. The van der Waals surface area contributed by atoms with E-state index in [1.807, 2.05) is 0 Å². The van der Waals surface area contributed by atoms with Gasteiger partial charge in [-0.05, 0) is 60.7 Å². The van der Waals surface area contributed by atoms with Gasteiger partial charge >= 0.3 is 0 Å². The van der Waals surface area contributed by atoms with Crippen LogP contribution < -0.4 is 10.1 Å². The van der Waals surface area contributed by atoms with Gasteiger partial charge < -0.3 is 10.1 Å². The third-order valence-electron chi connectivity index (χ3n) is 4.08. The average Bonchev–Trinajstić information content (AvgIpc) is 2.73. The van der Waals surface area contributed by atoms with Gasteiger partial charge in [-0.15, -0.1) is 0 Å². The first-order chi connectivity index (χ1) is 13.9. The van der Waals surface area contributed by atoms with Crippen LogP contribution in [0.15, 0.2) is 88.7 Å². The Bertz CT molecular complexity index is 1110. The highest BCUT2D eigenvalue weighted by Gasteiger charge is 2.17. The van der Waals surface area contributed by atoms with Gasteiger partial charge in [0.2, 0.25) is 15.7 Å². The van der Waals surface area contributed by atoms with Gasteiger partial charge in [-0.3, -0.25) is 9.59 Å². The minimum atomic E-state index is -3.60.